The smallest absolute Gasteiger partial charge is 0.216 e. The van der Waals surface area contributed by atoms with Crippen LogP contribution in [0.3, 0.4) is 0 Å². The second kappa shape index (κ2) is 7.81. The molecule has 0 saturated carbocycles. The van der Waals surface area contributed by atoms with Crippen molar-refractivity contribution in [2.45, 2.75) is 26.3 Å². The highest BCUT2D eigenvalue weighted by molar-refractivity contribution is 6.30. The molecule has 6 heteroatoms. The van der Waals surface area contributed by atoms with Gasteiger partial charge in [-0.05, 0) is 43.0 Å². The number of piperidine rings is 1. The number of carbonyl (C=O) groups is 1. The summed E-state index contributed by atoms with van der Waals surface area (Å²) in [6.07, 6.45) is 4.24. The van der Waals surface area contributed by atoms with Crippen LogP contribution in [0.4, 0.5) is 0 Å². The number of carbonyl (C=O) groups excluding carboxylic acids is 1. The third kappa shape index (κ3) is 4.36. The van der Waals surface area contributed by atoms with Gasteiger partial charge >= 0.3 is 0 Å². The molecule has 1 aliphatic heterocycles. The second-order valence-corrected chi connectivity index (χ2v) is 6.89. The van der Waals surface area contributed by atoms with Gasteiger partial charge in [0, 0.05) is 37.1 Å². The number of aromatic nitrogens is 2. The van der Waals surface area contributed by atoms with Gasteiger partial charge in [0.05, 0.1) is 11.9 Å². The highest BCUT2D eigenvalue weighted by Gasteiger charge is 2.21. The zero-order valence-electron chi connectivity index (χ0n) is 13.9. The van der Waals surface area contributed by atoms with E-state index in [0.717, 1.165) is 42.5 Å². The number of aromatic amines is 1. The van der Waals surface area contributed by atoms with Gasteiger partial charge in [0.1, 0.15) is 0 Å². The van der Waals surface area contributed by atoms with E-state index in [-0.39, 0.29) is 5.91 Å². The Morgan fingerprint density at radius 2 is 2.21 bits per heavy atom. The van der Waals surface area contributed by atoms with Gasteiger partial charge in [-0.3, -0.25) is 14.8 Å². The fourth-order valence-corrected chi connectivity index (χ4v) is 3.41. The van der Waals surface area contributed by atoms with Crippen molar-refractivity contribution in [2.24, 2.45) is 5.92 Å². The van der Waals surface area contributed by atoms with Gasteiger partial charge in [-0.25, -0.2) is 0 Å². The van der Waals surface area contributed by atoms with E-state index >= 15 is 0 Å². The molecule has 0 radical (unpaired) electrons. The number of likely N-dealkylation sites (tertiary alicyclic amines) is 1. The van der Waals surface area contributed by atoms with Crippen LogP contribution < -0.4 is 5.32 Å². The van der Waals surface area contributed by atoms with Crippen LogP contribution in [-0.2, 0) is 11.3 Å². The summed E-state index contributed by atoms with van der Waals surface area (Å²) in [5.74, 6) is 0.570. The maximum Gasteiger partial charge on any atom is 0.216 e. The monoisotopic (exact) mass is 346 g/mol. The predicted molar refractivity (Wildman–Crippen MR) is 95.7 cm³/mol. The number of hydrogen-bond acceptors (Lipinski definition) is 3. The lowest BCUT2D eigenvalue weighted by atomic mass is 9.97. The van der Waals surface area contributed by atoms with E-state index in [9.17, 15) is 4.79 Å². The van der Waals surface area contributed by atoms with Crippen LogP contribution in [0.25, 0.3) is 11.3 Å². The van der Waals surface area contributed by atoms with Gasteiger partial charge in [0.15, 0.2) is 0 Å². The Morgan fingerprint density at radius 1 is 1.42 bits per heavy atom. The van der Waals surface area contributed by atoms with Crippen LogP contribution >= 0.6 is 11.6 Å². The van der Waals surface area contributed by atoms with E-state index in [1.54, 1.807) is 6.92 Å². The summed E-state index contributed by atoms with van der Waals surface area (Å²) in [5, 5.41) is 11.0. The first-order valence-electron chi connectivity index (χ1n) is 8.37. The van der Waals surface area contributed by atoms with Gasteiger partial charge in [-0.15, -0.1) is 0 Å². The van der Waals surface area contributed by atoms with Crippen molar-refractivity contribution < 1.29 is 4.79 Å². The SMILES string of the molecule is CC(=O)NC[C@H]1CCCN(Cc2cn[nH]c2-c2ccc(Cl)cc2)C1. The first-order chi connectivity index (χ1) is 11.6. The first kappa shape index (κ1) is 17.0. The fraction of sp³-hybridized carbons (Fsp3) is 0.444. The molecule has 1 aromatic carbocycles. The molecule has 1 aromatic heterocycles. The van der Waals surface area contributed by atoms with Crippen LogP contribution in [0.15, 0.2) is 30.5 Å². The van der Waals surface area contributed by atoms with Crippen molar-refractivity contribution >= 4 is 17.5 Å². The second-order valence-electron chi connectivity index (χ2n) is 6.46. The molecule has 1 aliphatic rings. The van der Waals surface area contributed by atoms with Crippen molar-refractivity contribution in [3.63, 3.8) is 0 Å². The van der Waals surface area contributed by atoms with Gasteiger partial charge in [0.25, 0.3) is 0 Å². The van der Waals surface area contributed by atoms with Gasteiger partial charge in [-0.2, -0.15) is 5.10 Å². The van der Waals surface area contributed by atoms with Gasteiger partial charge in [-0.1, -0.05) is 23.7 Å². The molecule has 2 aromatic rings. The Morgan fingerprint density at radius 3 is 2.96 bits per heavy atom. The van der Waals surface area contributed by atoms with Crippen LogP contribution in [0.2, 0.25) is 5.02 Å². The van der Waals surface area contributed by atoms with Crippen LogP contribution in [0.5, 0.6) is 0 Å². The molecule has 3 rings (SSSR count). The molecule has 2 heterocycles. The number of amides is 1. The van der Waals surface area contributed by atoms with Gasteiger partial charge < -0.3 is 5.32 Å². The molecule has 24 heavy (non-hydrogen) atoms. The Bertz CT molecular complexity index is 683. The Kier molecular flexibility index (Phi) is 5.53. The minimum atomic E-state index is 0.0481. The zero-order valence-corrected chi connectivity index (χ0v) is 14.6. The molecule has 2 N–H and O–H groups in total. The number of halogens is 1. The fourth-order valence-electron chi connectivity index (χ4n) is 3.29. The summed E-state index contributed by atoms with van der Waals surface area (Å²) >= 11 is 5.97. The topological polar surface area (TPSA) is 61.0 Å². The van der Waals surface area contributed by atoms with Crippen molar-refractivity contribution in [3.8, 4) is 11.3 Å². The summed E-state index contributed by atoms with van der Waals surface area (Å²) in [7, 11) is 0. The molecule has 0 bridgehead atoms. The molecule has 0 aliphatic carbocycles. The molecule has 1 atom stereocenters. The summed E-state index contributed by atoms with van der Waals surface area (Å²) in [5.41, 5.74) is 3.34. The van der Waals surface area contributed by atoms with Crippen LogP contribution in [0.1, 0.15) is 25.3 Å². The lowest BCUT2D eigenvalue weighted by Gasteiger charge is -2.32. The summed E-state index contributed by atoms with van der Waals surface area (Å²) in [4.78, 5) is 13.5. The summed E-state index contributed by atoms with van der Waals surface area (Å²) < 4.78 is 0. The third-order valence-electron chi connectivity index (χ3n) is 4.49. The number of benzene rings is 1. The van der Waals surface area contributed by atoms with E-state index in [4.69, 9.17) is 11.6 Å². The molecule has 1 fully saturated rings. The molecule has 0 spiro atoms. The maximum absolute atomic E-state index is 11.1. The van der Waals surface area contributed by atoms with Crippen molar-refractivity contribution in [1.29, 1.82) is 0 Å². The number of nitrogens with zero attached hydrogens (tertiary/aromatic N) is 2. The zero-order chi connectivity index (χ0) is 16.9. The quantitative estimate of drug-likeness (QED) is 0.874. The summed E-state index contributed by atoms with van der Waals surface area (Å²) in [6, 6.07) is 7.81. The predicted octanol–water partition coefficient (Wildman–Crippen LogP) is 3.08. The third-order valence-corrected chi connectivity index (χ3v) is 4.74. The Hall–Kier alpha value is -1.85. The number of hydrogen-bond donors (Lipinski definition) is 2. The molecule has 1 amide bonds. The van der Waals surface area contributed by atoms with Crippen molar-refractivity contribution in [2.75, 3.05) is 19.6 Å². The van der Waals surface area contributed by atoms with E-state index in [1.807, 2.05) is 30.5 Å². The maximum atomic E-state index is 11.1. The van der Waals surface area contributed by atoms with Crippen molar-refractivity contribution in [1.82, 2.24) is 20.4 Å². The molecule has 0 unspecified atom stereocenters. The molecule has 1 saturated heterocycles. The Balaban J connectivity index is 1.65. The molecular weight excluding hydrogens is 324 g/mol. The molecular formula is C18H23ClN4O. The van der Waals surface area contributed by atoms with E-state index in [2.05, 4.69) is 20.4 Å². The van der Waals surface area contributed by atoms with E-state index in [1.165, 1.54) is 18.4 Å². The number of nitrogens with one attached hydrogen (secondary N) is 2. The lowest BCUT2D eigenvalue weighted by Crippen LogP contribution is -2.40. The normalized spacial score (nSPS) is 18.5. The average molecular weight is 347 g/mol. The van der Waals surface area contributed by atoms with Crippen LogP contribution in [0, 0.1) is 5.92 Å². The largest absolute Gasteiger partial charge is 0.356 e. The number of H-pyrrole nitrogens is 1. The minimum Gasteiger partial charge on any atom is -0.356 e. The standard InChI is InChI=1S/C18H23ClN4O/c1-13(24)20-9-14-3-2-8-23(11-14)12-16-10-21-22-18(16)15-4-6-17(19)7-5-15/h4-7,10,14H,2-3,8-9,11-12H2,1H3,(H,20,24)(H,21,22)/t14-/m1/s1. The molecule has 5 nitrogen and oxygen atoms in total. The Labute approximate surface area is 147 Å². The summed E-state index contributed by atoms with van der Waals surface area (Å²) in [6.45, 7) is 5.30. The van der Waals surface area contributed by atoms with E-state index in [0.29, 0.717) is 5.92 Å². The highest BCUT2D eigenvalue weighted by Crippen LogP contribution is 2.25. The van der Waals surface area contributed by atoms with Gasteiger partial charge in [0.2, 0.25) is 5.91 Å². The molecule has 128 valence electrons. The lowest BCUT2D eigenvalue weighted by molar-refractivity contribution is -0.119. The number of rotatable bonds is 5. The van der Waals surface area contributed by atoms with Crippen molar-refractivity contribution in [3.05, 3.63) is 41.0 Å². The first-order valence-corrected chi connectivity index (χ1v) is 8.74. The minimum absolute atomic E-state index is 0.0481. The highest BCUT2D eigenvalue weighted by atomic mass is 35.5. The average Bonchev–Trinajstić information content (AvgIpc) is 3.02. The van der Waals surface area contributed by atoms with Crippen LogP contribution in [-0.4, -0.2) is 40.6 Å². The van der Waals surface area contributed by atoms with E-state index < -0.39 is 0 Å².